The molecule has 0 spiro atoms. The molecule has 2 heterocycles. The zero-order chi connectivity index (χ0) is 16.6. The van der Waals surface area contributed by atoms with Crippen LogP contribution in [0.1, 0.15) is 19.5 Å². The number of halogens is 1. The first kappa shape index (κ1) is 16.3. The van der Waals surface area contributed by atoms with Crippen molar-refractivity contribution in [1.29, 1.82) is 0 Å². The first-order valence-corrected chi connectivity index (χ1v) is 9.04. The Morgan fingerprint density at radius 2 is 2.00 bits per heavy atom. The van der Waals surface area contributed by atoms with Gasteiger partial charge in [0.15, 0.2) is 0 Å². The molecule has 1 aliphatic rings. The third kappa shape index (κ3) is 3.36. The Kier molecular flexibility index (Phi) is 4.61. The molecule has 7 heteroatoms. The molecule has 118 valence electrons. The molecule has 1 amide bonds. The molecule has 3 rings (SSSR count). The summed E-state index contributed by atoms with van der Waals surface area (Å²) in [6.45, 7) is 3.87. The van der Waals surface area contributed by atoms with E-state index in [1.807, 2.05) is 19.2 Å². The van der Waals surface area contributed by atoms with Gasteiger partial charge in [0.05, 0.1) is 10.6 Å². The molecule has 0 unspecified atom stereocenters. The van der Waals surface area contributed by atoms with E-state index in [1.165, 1.54) is 35.2 Å². The number of carbonyl (C=O) groups excluding carboxylic acids is 1. The highest BCUT2D eigenvalue weighted by Gasteiger charge is 2.33. The van der Waals surface area contributed by atoms with Crippen LogP contribution in [0.4, 0.5) is 4.39 Å². The van der Waals surface area contributed by atoms with Gasteiger partial charge in [-0.2, -0.15) is 0 Å². The molecule has 3 nitrogen and oxygen atoms in total. The predicted octanol–water partition coefficient (Wildman–Crippen LogP) is 4.56. The number of nitrogens with zero attached hydrogens (tertiary/aromatic N) is 2. The molecule has 1 aliphatic heterocycles. The number of hydrogen-bond acceptors (Lipinski definition) is 5. The summed E-state index contributed by atoms with van der Waals surface area (Å²) in [7, 11) is 0. The second-order valence-corrected chi connectivity index (χ2v) is 7.76. The van der Waals surface area contributed by atoms with E-state index in [0.717, 1.165) is 10.6 Å². The molecule has 0 saturated carbocycles. The molecular weight excluding hydrogens is 351 g/mol. The zero-order valence-electron chi connectivity index (χ0n) is 12.4. The van der Waals surface area contributed by atoms with Crippen molar-refractivity contribution in [3.05, 3.63) is 46.1 Å². The average Bonchev–Trinajstić information content (AvgIpc) is 3.05. The number of thiazole rings is 1. The lowest BCUT2D eigenvalue weighted by atomic mass is 10.2. The molecule has 2 aromatic rings. The summed E-state index contributed by atoms with van der Waals surface area (Å²) in [5.41, 5.74) is 1.56. The largest absolute Gasteiger partial charge is 0.290 e. The molecule has 1 aromatic heterocycles. The van der Waals surface area contributed by atoms with E-state index in [2.05, 4.69) is 4.98 Å². The fraction of sp³-hybridized carbons (Fsp3) is 0.188. The van der Waals surface area contributed by atoms with E-state index < -0.39 is 0 Å². The minimum Gasteiger partial charge on any atom is -0.290 e. The van der Waals surface area contributed by atoms with Crippen LogP contribution in [-0.4, -0.2) is 26.2 Å². The van der Waals surface area contributed by atoms with E-state index >= 15 is 0 Å². The minimum atomic E-state index is -0.275. The molecule has 0 bridgehead atoms. The van der Waals surface area contributed by atoms with Gasteiger partial charge in [-0.3, -0.25) is 9.69 Å². The monoisotopic (exact) mass is 364 g/mol. The van der Waals surface area contributed by atoms with E-state index in [4.69, 9.17) is 12.2 Å². The summed E-state index contributed by atoms with van der Waals surface area (Å²) in [6.07, 6.45) is 1.76. The van der Waals surface area contributed by atoms with Gasteiger partial charge in [-0.25, -0.2) is 9.37 Å². The van der Waals surface area contributed by atoms with E-state index in [1.54, 1.807) is 23.1 Å². The van der Waals surface area contributed by atoms with Crippen molar-refractivity contribution in [2.75, 3.05) is 0 Å². The summed E-state index contributed by atoms with van der Waals surface area (Å²) < 4.78 is 13.6. The van der Waals surface area contributed by atoms with Crippen molar-refractivity contribution in [2.45, 2.75) is 19.9 Å². The second-order valence-electron chi connectivity index (χ2n) is 5.23. The molecule has 1 saturated heterocycles. The highest BCUT2D eigenvalue weighted by Crippen LogP contribution is 2.34. The Labute approximate surface area is 147 Å². The highest BCUT2D eigenvalue weighted by molar-refractivity contribution is 8.26. The van der Waals surface area contributed by atoms with Crippen molar-refractivity contribution in [3.63, 3.8) is 0 Å². The Morgan fingerprint density at radius 1 is 1.30 bits per heavy atom. The first-order chi connectivity index (χ1) is 11.0. The minimum absolute atomic E-state index is 0.0404. The fourth-order valence-corrected chi connectivity index (χ4v) is 4.43. The van der Waals surface area contributed by atoms with Crippen LogP contribution in [0.3, 0.4) is 0 Å². The van der Waals surface area contributed by atoms with Crippen molar-refractivity contribution in [1.82, 2.24) is 9.88 Å². The van der Waals surface area contributed by atoms with E-state index in [0.29, 0.717) is 14.9 Å². The first-order valence-electron chi connectivity index (χ1n) is 6.94. The molecule has 1 aromatic carbocycles. The maximum atomic E-state index is 13.0. The van der Waals surface area contributed by atoms with Gasteiger partial charge >= 0.3 is 0 Å². The van der Waals surface area contributed by atoms with Gasteiger partial charge in [-0.05, 0) is 44.2 Å². The van der Waals surface area contributed by atoms with Crippen LogP contribution in [-0.2, 0) is 4.79 Å². The Hall–Kier alpha value is -1.57. The lowest BCUT2D eigenvalue weighted by Gasteiger charge is -2.18. The molecule has 0 radical (unpaired) electrons. The highest BCUT2D eigenvalue weighted by atomic mass is 32.2. The molecule has 23 heavy (non-hydrogen) atoms. The number of carbonyl (C=O) groups is 1. The maximum absolute atomic E-state index is 13.0. The van der Waals surface area contributed by atoms with Gasteiger partial charge in [-0.15, -0.1) is 11.3 Å². The zero-order valence-corrected chi connectivity index (χ0v) is 14.9. The summed E-state index contributed by atoms with van der Waals surface area (Å²) in [5.74, 6) is -0.353. The van der Waals surface area contributed by atoms with Crippen LogP contribution in [0.5, 0.6) is 0 Å². The second kappa shape index (κ2) is 6.51. The SMILES string of the molecule is CC(C)N1C(=O)C(=Cc2csc(-c3ccc(F)cc3)n2)SC1=S. The van der Waals surface area contributed by atoms with Gasteiger partial charge < -0.3 is 0 Å². The van der Waals surface area contributed by atoms with Crippen molar-refractivity contribution in [3.8, 4) is 10.6 Å². The number of amides is 1. The molecule has 0 N–H and O–H groups in total. The van der Waals surface area contributed by atoms with Gasteiger partial charge in [0.2, 0.25) is 0 Å². The van der Waals surface area contributed by atoms with Crippen LogP contribution >= 0.6 is 35.3 Å². The smallest absolute Gasteiger partial charge is 0.266 e. The Bertz CT molecular complexity index is 796. The van der Waals surface area contributed by atoms with Crippen molar-refractivity contribution in [2.24, 2.45) is 0 Å². The normalized spacial score (nSPS) is 16.9. The van der Waals surface area contributed by atoms with Crippen molar-refractivity contribution >= 4 is 51.6 Å². The summed E-state index contributed by atoms with van der Waals surface area (Å²) in [6, 6.07) is 6.24. The fourth-order valence-electron chi connectivity index (χ4n) is 2.14. The molecule has 1 fully saturated rings. The van der Waals surface area contributed by atoms with Gasteiger partial charge in [-0.1, -0.05) is 24.0 Å². The van der Waals surface area contributed by atoms with Crippen LogP contribution in [0, 0.1) is 5.82 Å². The maximum Gasteiger partial charge on any atom is 0.266 e. The molecule has 0 atom stereocenters. The van der Waals surface area contributed by atoms with E-state index in [9.17, 15) is 9.18 Å². The molecular formula is C16H13FN2OS3. The van der Waals surface area contributed by atoms with Crippen molar-refractivity contribution < 1.29 is 9.18 Å². The third-order valence-corrected chi connectivity index (χ3v) is 5.47. The van der Waals surface area contributed by atoms with Crippen LogP contribution in [0.15, 0.2) is 34.6 Å². The summed E-state index contributed by atoms with van der Waals surface area (Å²) in [5, 5.41) is 2.66. The van der Waals surface area contributed by atoms with Gasteiger partial charge in [0.1, 0.15) is 15.1 Å². The number of hydrogen-bond donors (Lipinski definition) is 0. The number of thiocarbonyl (C=S) groups is 1. The number of thioether (sulfide) groups is 1. The van der Waals surface area contributed by atoms with Crippen LogP contribution in [0.2, 0.25) is 0 Å². The topological polar surface area (TPSA) is 33.2 Å². The van der Waals surface area contributed by atoms with Crippen LogP contribution in [0.25, 0.3) is 16.6 Å². The average molecular weight is 364 g/mol. The molecule has 0 aliphatic carbocycles. The lowest BCUT2D eigenvalue weighted by molar-refractivity contribution is -0.123. The number of rotatable bonds is 3. The van der Waals surface area contributed by atoms with Gasteiger partial charge in [0.25, 0.3) is 5.91 Å². The van der Waals surface area contributed by atoms with Crippen LogP contribution < -0.4 is 0 Å². The summed E-state index contributed by atoms with van der Waals surface area (Å²) in [4.78, 5) is 19.0. The number of aromatic nitrogens is 1. The van der Waals surface area contributed by atoms with E-state index in [-0.39, 0.29) is 17.8 Å². The Morgan fingerprint density at radius 3 is 2.61 bits per heavy atom. The quantitative estimate of drug-likeness (QED) is 0.590. The number of benzene rings is 1. The predicted molar refractivity (Wildman–Crippen MR) is 97.7 cm³/mol. The van der Waals surface area contributed by atoms with Gasteiger partial charge in [0, 0.05) is 17.0 Å². The third-order valence-electron chi connectivity index (χ3n) is 3.23. The summed E-state index contributed by atoms with van der Waals surface area (Å²) >= 11 is 8.01. The Balaban J connectivity index is 1.85. The lowest BCUT2D eigenvalue weighted by Crippen LogP contribution is -2.34. The standard InChI is InChI=1S/C16H13FN2OS3/c1-9(2)19-15(20)13(23-16(19)21)7-12-8-22-14(18-12)10-3-5-11(17)6-4-10/h3-9H,1-2H3.